The molecule has 0 aliphatic rings. The number of carbonyl (C=O) groups is 1. The number of aromatic amines is 1. The molecule has 1 heterocycles. The number of amides is 1. The Hall–Kier alpha value is -2.15. The molecule has 0 saturated carbocycles. The van der Waals surface area contributed by atoms with Gasteiger partial charge in [-0.2, -0.15) is 10.2 Å². The summed E-state index contributed by atoms with van der Waals surface area (Å²) in [5.41, 5.74) is 4.94. The minimum absolute atomic E-state index is 0.303. The molecular weight excluding hydrogens is 427 g/mol. The largest absolute Gasteiger partial charge is 0.289 e. The number of nitrogens with one attached hydrogen (secondary N) is 2. The fourth-order valence-electron chi connectivity index (χ4n) is 2.03. The predicted octanol–water partition coefficient (Wildman–Crippen LogP) is 4.91. The second-order valence-electron chi connectivity index (χ2n) is 5.04. The van der Waals surface area contributed by atoms with E-state index in [1.54, 1.807) is 24.3 Å². The molecule has 0 unspecified atom stereocenters. The summed E-state index contributed by atoms with van der Waals surface area (Å²) >= 11 is 15.2. The van der Waals surface area contributed by atoms with E-state index in [1.165, 1.54) is 6.21 Å². The van der Waals surface area contributed by atoms with E-state index in [1.807, 2.05) is 24.3 Å². The first kappa shape index (κ1) is 17.7. The van der Waals surface area contributed by atoms with Gasteiger partial charge in [0, 0.05) is 20.6 Å². The first-order valence-electron chi connectivity index (χ1n) is 7.13. The van der Waals surface area contributed by atoms with Crippen LogP contribution in [0.15, 0.2) is 58.1 Å². The molecule has 0 aliphatic carbocycles. The van der Waals surface area contributed by atoms with E-state index in [2.05, 4.69) is 36.7 Å². The molecule has 25 heavy (non-hydrogen) atoms. The smallest absolute Gasteiger partial charge is 0.272 e. The highest BCUT2D eigenvalue weighted by molar-refractivity contribution is 9.10. The molecule has 0 radical (unpaired) electrons. The third-order valence-corrected chi connectivity index (χ3v) is 4.39. The van der Waals surface area contributed by atoms with E-state index in [4.69, 9.17) is 23.2 Å². The van der Waals surface area contributed by atoms with Crippen LogP contribution in [0.2, 0.25) is 10.0 Å². The van der Waals surface area contributed by atoms with Gasteiger partial charge in [0.05, 0.1) is 16.9 Å². The highest BCUT2D eigenvalue weighted by Crippen LogP contribution is 2.21. The molecule has 0 atom stereocenters. The summed E-state index contributed by atoms with van der Waals surface area (Å²) in [6.07, 6.45) is 1.45. The Morgan fingerprint density at radius 3 is 2.64 bits per heavy atom. The SMILES string of the molecule is O=C(N/N=C/c1ccc(Cl)cc1Cl)c1cc(-c2ccc(Br)cc2)n[nH]1. The summed E-state index contributed by atoms with van der Waals surface area (Å²) in [5, 5.41) is 11.7. The van der Waals surface area contributed by atoms with Crippen molar-refractivity contribution in [3.05, 3.63) is 74.3 Å². The summed E-state index contributed by atoms with van der Waals surface area (Å²) < 4.78 is 0.972. The van der Waals surface area contributed by atoms with Crippen LogP contribution in [0.5, 0.6) is 0 Å². The van der Waals surface area contributed by atoms with Crippen molar-refractivity contribution in [2.24, 2.45) is 5.10 Å². The van der Waals surface area contributed by atoms with E-state index < -0.39 is 5.91 Å². The fraction of sp³-hybridized carbons (Fsp3) is 0. The number of benzene rings is 2. The number of hydrogen-bond acceptors (Lipinski definition) is 3. The van der Waals surface area contributed by atoms with Gasteiger partial charge in [0.25, 0.3) is 5.91 Å². The van der Waals surface area contributed by atoms with Gasteiger partial charge in [0.15, 0.2) is 0 Å². The fourth-order valence-corrected chi connectivity index (χ4v) is 2.76. The molecule has 8 heteroatoms. The number of H-pyrrole nitrogens is 1. The van der Waals surface area contributed by atoms with Gasteiger partial charge < -0.3 is 0 Å². The topological polar surface area (TPSA) is 70.1 Å². The van der Waals surface area contributed by atoms with Crippen molar-refractivity contribution in [1.82, 2.24) is 15.6 Å². The highest BCUT2D eigenvalue weighted by Gasteiger charge is 2.10. The normalized spacial score (nSPS) is 11.0. The van der Waals surface area contributed by atoms with Gasteiger partial charge in [-0.25, -0.2) is 5.43 Å². The average Bonchev–Trinajstić information content (AvgIpc) is 3.07. The van der Waals surface area contributed by atoms with Crippen LogP contribution in [-0.2, 0) is 0 Å². The number of hydrazone groups is 1. The average molecular weight is 438 g/mol. The lowest BCUT2D eigenvalue weighted by Gasteiger charge is -1.99. The lowest BCUT2D eigenvalue weighted by molar-refractivity contribution is 0.0950. The van der Waals surface area contributed by atoms with Crippen molar-refractivity contribution in [3.8, 4) is 11.3 Å². The molecule has 0 saturated heterocycles. The molecule has 3 aromatic rings. The Morgan fingerprint density at radius 1 is 1.16 bits per heavy atom. The summed E-state index contributed by atoms with van der Waals surface area (Å²) in [6, 6.07) is 14.3. The van der Waals surface area contributed by atoms with Crippen molar-refractivity contribution in [3.63, 3.8) is 0 Å². The van der Waals surface area contributed by atoms with Crippen molar-refractivity contribution < 1.29 is 4.79 Å². The van der Waals surface area contributed by atoms with Gasteiger partial charge in [0.2, 0.25) is 0 Å². The zero-order valence-electron chi connectivity index (χ0n) is 12.6. The Bertz CT molecular complexity index is 938. The van der Waals surface area contributed by atoms with Crippen LogP contribution in [-0.4, -0.2) is 22.3 Å². The third-order valence-electron chi connectivity index (χ3n) is 3.29. The number of aromatic nitrogens is 2. The molecule has 0 aliphatic heterocycles. The Kier molecular flexibility index (Phi) is 5.53. The summed E-state index contributed by atoms with van der Waals surface area (Å²) in [7, 11) is 0. The van der Waals surface area contributed by atoms with Gasteiger partial charge in [0.1, 0.15) is 5.69 Å². The molecule has 1 amide bonds. The number of carbonyl (C=O) groups excluding carboxylic acids is 1. The van der Waals surface area contributed by atoms with Crippen LogP contribution in [0.4, 0.5) is 0 Å². The molecule has 5 nitrogen and oxygen atoms in total. The summed E-state index contributed by atoms with van der Waals surface area (Å²) in [4.78, 5) is 12.1. The predicted molar refractivity (Wildman–Crippen MR) is 103 cm³/mol. The zero-order valence-corrected chi connectivity index (χ0v) is 15.7. The zero-order chi connectivity index (χ0) is 17.8. The van der Waals surface area contributed by atoms with Crippen molar-refractivity contribution >= 4 is 51.3 Å². The second kappa shape index (κ2) is 7.82. The molecule has 126 valence electrons. The number of nitrogens with zero attached hydrogens (tertiary/aromatic N) is 2. The van der Waals surface area contributed by atoms with Gasteiger partial charge in [-0.1, -0.05) is 57.3 Å². The van der Waals surface area contributed by atoms with Gasteiger partial charge in [-0.15, -0.1) is 0 Å². The minimum atomic E-state index is -0.405. The van der Waals surface area contributed by atoms with Crippen LogP contribution in [0.3, 0.4) is 0 Å². The van der Waals surface area contributed by atoms with E-state index in [-0.39, 0.29) is 0 Å². The van der Waals surface area contributed by atoms with Crippen LogP contribution >= 0.6 is 39.1 Å². The molecule has 0 fully saturated rings. The van der Waals surface area contributed by atoms with Crippen molar-refractivity contribution in [2.45, 2.75) is 0 Å². The molecule has 1 aromatic heterocycles. The maximum absolute atomic E-state index is 12.1. The Balaban J connectivity index is 1.67. The number of rotatable bonds is 4. The highest BCUT2D eigenvalue weighted by atomic mass is 79.9. The van der Waals surface area contributed by atoms with E-state index in [0.29, 0.717) is 27.0 Å². The number of hydrogen-bond donors (Lipinski definition) is 2. The maximum Gasteiger partial charge on any atom is 0.289 e. The van der Waals surface area contributed by atoms with Gasteiger partial charge >= 0.3 is 0 Å². The molecule has 2 N–H and O–H groups in total. The van der Waals surface area contributed by atoms with Crippen LogP contribution in [0, 0.1) is 0 Å². The maximum atomic E-state index is 12.1. The quantitative estimate of drug-likeness (QED) is 0.449. The lowest BCUT2D eigenvalue weighted by Crippen LogP contribution is -2.18. The molecule has 3 rings (SSSR count). The third kappa shape index (κ3) is 4.48. The van der Waals surface area contributed by atoms with Crippen LogP contribution < -0.4 is 5.43 Å². The van der Waals surface area contributed by atoms with E-state index in [0.717, 1.165) is 10.0 Å². The lowest BCUT2D eigenvalue weighted by atomic mass is 10.1. The number of halogens is 3. The standard InChI is InChI=1S/C17H11BrCl2N4O/c18-12-4-1-10(2-5-12)15-8-16(23-22-15)17(25)24-21-9-11-3-6-13(19)7-14(11)20/h1-9H,(H,22,23)(H,24,25)/b21-9+. The minimum Gasteiger partial charge on any atom is -0.272 e. The van der Waals surface area contributed by atoms with E-state index >= 15 is 0 Å². The van der Waals surface area contributed by atoms with Gasteiger partial charge in [-0.05, 0) is 30.3 Å². The summed E-state index contributed by atoms with van der Waals surface area (Å²) in [5.74, 6) is -0.405. The Labute approximate surface area is 162 Å². The van der Waals surface area contributed by atoms with Crippen LogP contribution in [0.1, 0.15) is 16.1 Å². The second-order valence-corrected chi connectivity index (χ2v) is 6.80. The Morgan fingerprint density at radius 2 is 1.92 bits per heavy atom. The van der Waals surface area contributed by atoms with E-state index in [9.17, 15) is 4.79 Å². The van der Waals surface area contributed by atoms with Crippen molar-refractivity contribution in [1.29, 1.82) is 0 Å². The first-order chi connectivity index (χ1) is 12.0. The van der Waals surface area contributed by atoms with Crippen LogP contribution in [0.25, 0.3) is 11.3 Å². The van der Waals surface area contributed by atoms with Crippen molar-refractivity contribution in [2.75, 3.05) is 0 Å². The first-order valence-corrected chi connectivity index (χ1v) is 8.67. The molecule has 0 bridgehead atoms. The summed E-state index contributed by atoms with van der Waals surface area (Å²) in [6.45, 7) is 0. The molecule has 0 spiro atoms. The monoisotopic (exact) mass is 436 g/mol. The molecular formula is C17H11BrCl2N4O. The van der Waals surface area contributed by atoms with Gasteiger partial charge in [-0.3, -0.25) is 9.89 Å². The molecule has 2 aromatic carbocycles.